The predicted octanol–water partition coefficient (Wildman–Crippen LogP) is 0.319. The Hall–Kier alpha value is -1.37. The molecule has 0 amide bonds. The molecule has 0 aliphatic carbocycles. The topological polar surface area (TPSA) is 55.7 Å². The van der Waals surface area contributed by atoms with Gasteiger partial charge in [0, 0.05) is 6.92 Å². The molecule has 0 aliphatic rings. The van der Waals surface area contributed by atoms with Crippen molar-refractivity contribution in [2.75, 3.05) is 13.2 Å². The molecule has 0 bridgehead atoms. The van der Waals surface area contributed by atoms with Crippen molar-refractivity contribution >= 4 is 5.97 Å². The first-order valence-electron chi connectivity index (χ1n) is 2.65. The minimum absolute atomic E-state index is 0.0326. The molecular formula is C6H7NO3. The number of hydrogen-bond acceptors (Lipinski definition) is 4. The van der Waals surface area contributed by atoms with E-state index in [1.807, 2.05) is 0 Å². The molecule has 0 heterocycles. The molecule has 0 saturated carbocycles. The number of ether oxygens (including phenoxy) is 1. The second-order valence-electron chi connectivity index (χ2n) is 1.42. The molecule has 0 aromatic carbocycles. The van der Waals surface area contributed by atoms with Gasteiger partial charge in [0.25, 0.3) is 0 Å². The lowest BCUT2D eigenvalue weighted by Crippen LogP contribution is -1.97. The van der Waals surface area contributed by atoms with Crippen LogP contribution >= 0.6 is 0 Å². The van der Waals surface area contributed by atoms with Crippen LogP contribution in [0.1, 0.15) is 6.92 Å². The highest BCUT2D eigenvalue weighted by molar-refractivity contribution is 5.66. The monoisotopic (exact) mass is 141 g/mol. The van der Waals surface area contributed by atoms with Gasteiger partial charge in [-0.15, -0.1) is 4.91 Å². The van der Waals surface area contributed by atoms with Gasteiger partial charge in [-0.1, -0.05) is 17.0 Å². The zero-order chi connectivity index (χ0) is 7.82. The van der Waals surface area contributed by atoms with Crippen LogP contribution in [0.15, 0.2) is 5.18 Å². The molecule has 0 aromatic rings. The summed E-state index contributed by atoms with van der Waals surface area (Å²) >= 11 is 0. The molecule has 0 aliphatic heterocycles. The van der Waals surface area contributed by atoms with Crippen LogP contribution in [0.25, 0.3) is 0 Å². The Morgan fingerprint density at radius 2 is 2.30 bits per heavy atom. The molecule has 0 saturated heterocycles. The molecule has 10 heavy (non-hydrogen) atoms. The number of hydrogen-bond donors (Lipinski definition) is 0. The van der Waals surface area contributed by atoms with Crippen molar-refractivity contribution in [1.82, 2.24) is 0 Å². The Labute approximate surface area is 58.5 Å². The molecule has 0 radical (unpaired) electrons. The first-order valence-corrected chi connectivity index (χ1v) is 2.65. The Bertz CT molecular complexity index is 177. The van der Waals surface area contributed by atoms with Gasteiger partial charge in [-0.3, -0.25) is 4.79 Å². The summed E-state index contributed by atoms with van der Waals surface area (Å²) in [4.78, 5) is 19.5. The van der Waals surface area contributed by atoms with E-state index in [2.05, 4.69) is 21.8 Å². The van der Waals surface area contributed by atoms with Crippen LogP contribution in [0.2, 0.25) is 0 Å². The van der Waals surface area contributed by atoms with Gasteiger partial charge in [-0.25, -0.2) is 0 Å². The fraction of sp³-hybridized carbons (Fsp3) is 0.500. The fourth-order valence-corrected chi connectivity index (χ4v) is 0.277. The Morgan fingerprint density at radius 1 is 1.60 bits per heavy atom. The standard InChI is InChI=1S/C6H7NO3/c1-6(8)10-5-3-2-4-7-9/h4-5H2,1H3. The van der Waals surface area contributed by atoms with E-state index in [1.165, 1.54) is 6.92 Å². The normalized spacial score (nSPS) is 7.30. The number of nitrogens with zero attached hydrogens (tertiary/aromatic N) is 1. The van der Waals surface area contributed by atoms with Gasteiger partial charge in [-0.05, 0) is 0 Å². The lowest BCUT2D eigenvalue weighted by Gasteiger charge is -1.89. The van der Waals surface area contributed by atoms with Crippen LogP contribution in [-0.2, 0) is 9.53 Å². The van der Waals surface area contributed by atoms with Gasteiger partial charge >= 0.3 is 5.97 Å². The molecule has 54 valence electrons. The fourth-order valence-electron chi connectivity index (χ4n) is 0.277. The largest absolute Gasteiger partial charge is 0.453 e. The Balaban J connectivity index is 3.28. The molecule has 0 atom stereocenters. The summed E-state index contributed by atoms with van der Waals surface area (Å²) in [6, 6.07) is 0. The van der Waals surface area contributed by atoms with Gasteiger partial charge in [-0.2, -0.15) is 0 Å². The van der Waals surface area contributed by atoms with Crippen molar-refractivity contribution in [3.63, 3.8) is 0 Å². The smallest absolute Gasteiger partial charge is 0.303 e. The second kappa shape index (κ2) is 5.76. The Morgan fingerprint density at radius 3 is 2.80 bits per heavy atom. The highest BCUT2D eigenvalue weighted by Crippen LogP contribution is 1.72. The van der Waals surface area contributed by atoms with E-state index >= 15 is 0 Å². The lowest BCUT2D eigenvalue weighted by atomic mass is 10.6. The molecule has 4 heteroatoms. The summed E-state index contributed by atoms with van der Waals surface area (Å²) in [5.41, 5.74) is 0. The maximum Gasteiger partial charge on any atom is 0.303 e. The van der Waals surface area contributed by atoms with E-state index in [-0.39, 0.29) is 19.1 Å². The average molecular weight is 141 g/mol. The van der Waals surface area contributed by atoms with E-state index in [4.69, 9.17) is 0 Å². The summed E-state index contributed by atoms with van der Waals surface area (Å²) in [7, 11) is 0. The van der Waals surface area contributed by atoms with E-state index < -0.39 is 0 Å². The zero-order valence-corrected chi connectivity index (χ0v) is 5.59. The van der Waals surface area contributed by atoms with E-state index in [9.17, 15) is 9.70 Å². The van der Waals surface area contributed by atoms with E-state index in [0.29, 0.717) is 0 Å². The van der Waals surface area contributed by atoms with Crippen LogP contribution in [0.3, 0.4) is 0 Å². The maximum absolute atomic E-state index is 10.1. The quantitative estimate of drug-likeness (QED) is 0.316. The summed E-state index contributed by atoms with van der Waals surface area (Å²) in [5.74, 6) is 4.43. The summed E-state index contributed by atoms with van der Waals surface area (Å²) in [6.45, 7) is 1.27. The van der Waals surface area contributed by atoms with Gasteiger partial charge in [0.05, 0.1) is 0 Å². The van der Waals surface area contributed by atoms with Gasteiger partial charge in [0.2, 0.25) is 0 Å². The second-order valence-corrected chi connectivity index (χ2v) is 1.42. The number of nitroso groups, excluding NO2 is 1. The summed E-state index contributed by atoms with van der Waals surface area (Å²) < 4.78 is 4.43. The average Bonchev–Trinajstić information content (AvgIpc) is 1.87. The molecule has 0 unspecified atom stereocenters. The third kappa shape index (κ3) is 6.63. The number of rotatable bonds is 2. The minimum atomic E-state index is -0.381. The van der Waals surface area contributed by atoms with Crippen LogP contribution < -0.4 is 0 Å². The van der Waals surface area contributed by atoms with Crippen LogP contribution in [0, 0.1) is 16.7 Å². The van der Waals surface area contributed by atoms with Crippen molar-refractivity contribution in [3.8, 4) is 11.8 Å². The molecule has 0 rings (SSSR count). The van der Waals surface area contributed by atoms with Crippen molar-refractivity contribution in [2.45, 2.75) is 6.92 Å². The zero-order valence-electron chi connectivity index (χ0n) is 5.59. The summed E-state index contributed by atoms with van der Waals surface area (Å²) in [6.07, 6.45) is 0. The third-order valence-corrected chi connectivity index (χ3v) is 0.616. The third-order valence-electron chi connectivity index (χ3n) is 0.616. The highest BCUT2D eigenvalue weighted by Gasteiger charge is 1.85. The van der Waals surface area contributed by atoms with E-state index in [1.54, 1.807) is 0 Å². The highest BCUT2D eigenvalue weighted by atomic mass is 16.5. The first kappa shape index (κ1) is 8.63. The number of carbonyl (C=O) groups excluding carboxylic acids is 1. The van der Waals surface area contributed by atoms with Gasteiger partial charge in [0.1, 0.15) is 6.54 Å². The molecule has 4 nitrogen and oxygen atoms in total. The Kier molecular flexibility index (Phi) is 4.97. The van der Waals surface area contributed by atoms with Crippen LogP contribution in [0.5, 0.6) is 0 Å². The predicted molar refractivity (Wildman–Crippen MR) is 35.1 cm³/mol. The molecule has 0 spiro atoms. The van der Waals surface area contributed by atoms with Gasteiger partial charge < -0.3 is 4.74 Å². The minimum Gasteiger partial charge on any atom is -0.453 e. The van der Waals surface area contributed by atoms with Crippen molar-refractivity contribution in [3.05, 3.63) is 4.91 Å². The molecular weight excluding hydrogens is 134 g/mol. The first-order chi connectivity index (χ1) is 4.77. The lowest BCUT2D eigenvalue weighted by molar-refractivity contribution is -0.139. The molecule has 0 N–H and O–H groups in total. The van der Waals surface area contributed by atoms with Gasteiger partial charge in [0.15, 0.2) is 6.61 Å². The van der Waals surface area contributed by atoms with Crippen molar-refractivity contribution in [2.24, 2.45) is 5.18 Å². The molecule has 0 fully saturated rings. The molecule has 0 aromatic heterocycles. The van der Waals surface area contributed by atoms with E-state index in [0.717, 1.165) is 0 Å². The number of esters is 1. The SMILES string of the molecule is CC(=O)OCC#CCN=O. The van der Waals surface area contributed by atoms with Crippen molar-refractivity contribution < 1.29 is 9.53 Å². The van der Waals surface area contributed by atoms with Crippen LogP contribution in [-0.4, -0.2) is 19.1 Å². The number of carbonyl (C=O) groups is 1. The summed E-state index contributed by atoms with van der Waals surface area (Å²) in [5, 5.41) is 2.49. The van der Waals surface area contributed by atoms with Crippen LogP contribution in [0.4, 0.5) is 0 Å². The van der Waals surface area contributed by atoms with Crippen molar-refractivity contribution in [1.29, 1.82) is 0 Å². The maximum atomic E-state index is 10.1.